The van der Waals surface area contributed by atoms with Crippen molar-refractivity contribution in [2.24, 2.45) is 0 Å². The Balaban J connectivity index is 1.85. The monoisotopic (exact) mass is 287 g/mol. The van der Waals surface area contributed by atoms with Crippen LogP contribution in [-0.2, 0) is 0 Å². The zero-order valence-corrected chi connectivity index (χ0v) is 12.0. The minimum atomic E-state index is 0.0443. The Labute approximate surface area is 121 Å². The van der Waals surface area contributed by atoms with Gasteiger partial charge in [0.1, 0.15) is 0 Å². The number of anilines is 1. The summed E-state index contributed by atoms with van der Waals surface area (Å²) < 4.78 is 5.63. The van der Waals surface area contributed by atoms with Gasteiger partial charge in [0.2, 0.25) is 5.65 Å². The second-order valence-electron chi connectivity index (χ2n) is 4.71. The molecule has 5 heteroatoms. The van der Waals surface area contributed by atoms with Gasteiger partial charge in [0.05, 0.1) is 6.04 Å². The lowest BCUT2D eigenvalue weighted by molar-refractivity contribution is 0.604. The third-order valence-electron chi connectivity index (χ3n) is 3.08. The molecular formula is C15H14ClN3O. The molecule has 0 aliphatic carbocycles. The normalized spacial score (nSPS) is 12.6. The molecule has 0 amide bonds. The fraction of sp³-hybridized carbons (Fsp3) is 0.200. The Kier molecular flexibility index (Phi) is 3.32. The first kappa shape index (κ1) is 12.9. The summed E-state index contributed by atoms with van der Waals surface area (Å²) in [5, 5.41) is 3.93. The van der Waals surface area contributed by atoms with Crippen LogP contribution in [0.25, 0.3) is 11.2 Å². The van der Waals surface area contributed by atoms with E-state index in [1.165, 1.54) is 0 Å². The molecular weight excluding hydrogens is 274 g/mol. The summed E-state index contributed by atoms with van der Waals surface area (Å²) in [6.07, 6.45) is 0. The van der Waals surface area contributed by atoms with Gasteiger partial charge in [-0.2, -0.15) is 4.98 Å². The molecule has 1 aromatic carbocycles. The van der Waals surface area contributed by atoms with Crippen molar-refractivity contribution >= 4 is 28.8 Å². The number of pyridine rings is 1. The van der Waals surface area contributed by atoms with Gasteiger partial charge in [0, 0.05) is 10.7 Å². The smallest absolute Gasteiger partial charge is 0.297 e. The van der Waals surface area contributed by atoms with Crippen molar-refractivity contribution in [1.82, 2.24) is 9.97 Å². The average molecular weight is 288 g/mol. The van der Waals surface area contributed by atoms with Gasteiger partial charge < -0.3 is 9.73 Å². The van der Waals surface area contributed by atoms with Crippen LogP contribution in [0.5, 0.6) is 0 Å². The Hall–Kier alpha value is -2.07. The molecule has 0 saturated carbocycles. The quantitative estimate of drug-likeness (QED) is 0.778. The van der Waals surface area contributed by atoms with Crippen LogP contribution in [0.4, 0.5) is 6.01 Å². The van der Waals surface area contributed by atoms with Crippen LogP contribution in [0, 0.1) is 6.92 Å². The van der Waals surface area contributed by atoms with E-state index in [-0.39, 0.29) is 6.04 Å². The van der Waals surface area contributed by atoms with E-state index in [0.29, 0.717) is 22.3 Å². The summed E-state index contributed by atoms with van der Waals surface area (Å²) >= 11 is 6.00. The number of nitrogens with zero attached hydrogens (tertiary/aromatic N) is 2. The number of nitrogens with one attached hydrogen (secondary N) is 1. The van der Waals surface area contributed by atoms with Crippen LogP contribution in [0.3, 0.4) is 0 Å². The standard InChI is InChI=1S/C15H14ClN3O/c1-9-6-7-13-14(17-9)19-15(20-13)18-10(2)11-4-3-5-12(16)8-11/h3-8,10H,1-2H3,(H,17,18,19)/t10-/m1/s1. The van der Waals surface area contributed by atoms with E-state index in [4.69, 9.17) is 16.0 Å². The molecule has 2 heterocycles. The number of benzene rings is 1. The van der Waals surface area contributed by atoms with Gasteiger partial charge in [-0.05, 0) is 43.7 Å². The van der Waals surface area contributed by atoms with E-state index in [1.807, 2.05) is 50.2 Å². The van der Waals surface area contributed by atoms with Gasteiger partial charge in [0.15, 0.2) is 5.58 Å². The third kappa shape index (κ3) is 2.60. The number of hydrogen-bond acceptors (Lipinski definition) is 4. The molecule has 4 nitrogen and oxygen atoms in total. The molecule has 3 rings (SSSR count). The molecule has 0 unspecified atom stereocenters. The largest absolute Gasteiger partial charge is 0.422 e. The van der Waals surface area contributed by atoms with Crippen LogP contribution < -0.4 is 5.32 Å². The lowest BCUT2D eigenvalue weighted by atomic mass is 10.1. The highest BCUT2D eigenvalue weighted by atomic mass is 35.5. The third-order valence-corrected chi connectivity index (χ3v) is 3.32. The maximum absolute atomic E-state index is 6.00. The minimum absolute atomic E-state index is 0.0443. The minimum Gasteiger partial charge on any atom is -0.422 e. The molecule has 1 N–H and O–H groups in total. The van der Waals surface area contributed by atoms with Crippen LogP contribution in [0.2, 0.25) is 5.02 Å². The highest BCUT2D eigenvalue weighted by Crippen LogP contribution is 2.23. The zero-order valence-electron chi connectivity index (χ0n) is 11.2. The van der Waals surface area contributed by atoms with E-state index in [0.717, 1.165) is 11.3 Å². The fourth-order valence-electron chi connectivity index (χ4n) is 2.02. The highest BCUT2D eigenvalue weighted by molar-refractivity contribution is 6.30. The first-order chi connectivity index (χ1) is 9.61. The summed E-state index contributed by atoms with van der Waals surface area (Å²) in [5.41, 5.74) is 3.28. The van der Waals surface area contributed by atoms with Crippen LogP contribution in [0.15, 0.2) is 40.8 Å². The molecule has 1 atom stereocenters. The molecule has 0 aliphatic rings. The van der Waals surface area contributed by atoms with E-state index in [9.17, 15) is 0 Å². The van der Waals surface area contributed by atoms with Crippen molar-refractivity contribution in [2.75, 3.05) is 5.32 Å². The lowest BCUT2D eigenvalue weighted by Crippen LogP contribution is -2.06. The highest BCUT2D eigenvalue weighted by Gasteiger charge is 2.11. The average Bonchev–Trinajstić information content (AvgIpc) is 2.80. The maximum Gasteiger partial charge on any atom is 0.297 e. The van der Waals surface area contributed by atoms with E-state index in [2.05, 4.69) is 15.3 Å². The molecule has 0 spiro atoms. The van der Waals surface area contributed by atoms with Crippen molar-refractivity contribution in [3.63, 3.8) is 0 Å². The second kappa shape index (κ2) is 5.13. The summed E-state index contributed by atoms with van der Waals surface area (Å²) in [6, 6.07) is 12.0. The molecule has 102 valence electrons. The van der Waals surface area contributed by atoms with Gasteiger partial charge in [-0.25, -0.2) is 4.98 Å². The number of aryl methyl sites for hydroxylation is 1. The predicted octanol–water partition coefficient (Wildman–Crippen LogP) is 4.36. The topological polar surface area (TPSA) is 51.0 Å². The molecule has 0 fully saturated rings. The summed E-state index contributed by atoms with van der Waals surface area (Å²) in [6.45, 7) is 3.95. The van der Waals surface area contributed by atoms with Gasteiger partial charge >= 0.3 is 0 Å². The molecule has 3 aromatic rings. The Morgan fingerprint density at radius 3 is 2.85 bits per heavy atom. The number of hydrogen-bond donors (Lipinski definition) is 1. The maximum atomic E-state index is 6.00. The number of halogens is 1. The van der Waals surface area contributed by atoms with Gasteiger partial charge in [-0.1, -0.05) is 23.7 Å². The Morgan fingerprint density at radius 2 is 2.05 bits per heavy atom. The lowest BCUT2D eigenvalue weighted by Gasteiger charge is -2.12. The molecule has 0 saturated heterocycles. The first-order valence-corrected chi connectivity index (χ1v) is 6.76. The van der Waals surface area contributed by atoms with Crippen LogP contribution >= 0.6 is 11.6 Å². The van der Waals surface area contributed by atoms with E-state index in [1.54, 1.807) is 0 Å². The van der Waals surface area contributed by atoms with Gasteiger partial charge in [0.25, 0.3) is 6.01 Å². The number of oxazole rings is 1. The summed E-state index contributed by atoms with van der Waals surface area (Å²) in [7, 11) is 0. The van der Waals surface area contributed by atoms with Crippen LogP contribution in [0.1, 0.15) is 24.2 Å². The van der Waals surface area contributed by atoms with Crippen molar-refractivity contribution < 1.29 is 4.42 Å². The molecule has 0 bridgehead atoms. The summed E-state index contributed by atoms with van der Waals surface area (Å²) in [4.78, 5) is 8.66. The fourth-order valence-corrected chi connectivity index (χ4v) is 2.22. The van der Waals surface area contributed by atoms with Crippen molar-refractivity contribution in [1.29, 1.82) is 0 Å². The van der Waals surface area contributed by atoms with Crippen molar-refractivity contribution in [3.05, 3.63) is 52.7 Å². The Bertz CT molecular complexity index is 754. The molecule has 20 heavy (non-hydrogen) atoms. The molecule has 0 aliphatic heterocycles. The van der Waals surface area contributed by atoms with E-state index < -0.39 is 0 Å². The van der Waals surface area contributed by atoms with E-state index >= 15 is 0 Å². The zero-order chi connectivity index (χ0) is 14.1. The number of rotatable bonds is 3. The second-order valence-corrected chi connectivity index (χ2v) is 5.15. The van der Waals surface area contributed by atoms with Crippen molar-refractivity contribution in [2.45, 2.75) is 19.9 Å². The SMILES string of the molecule is Cc1ccc2oc(N[C@H](C)c3cccc(Cl)c3)nc2n1. The van der Waals surface area contributed by atoms with Crippen molar-refractivity contribution in [3.8, 4) is 0 Å². The summed E-state index contributed by atoms with van der Waals surface area (Å²) in [5.74, 6) is 0. The molecule has 0 radical (unpaired) electrons. The Morgan fingerprint density at radius 1 is 1.20 bits per heavy atom. The van der Waals surface area contributed by atoms with Crippen LogP contribution in [-0.4, -0.2) is 9.97 Å². The number of aromatic nitrogens is 2. The van der Waals surface area contributed by atoms with Gasteiger partial charge in [-0.3, -0.25) is 0 Å². The predicted molar refractivity (Wildman–Crippen MR) is 80.0 cm³/mol. The molecule has 2 aromatic heterocycles. The number of fused-ring (bicyclic) bond motifs is 1. The first-order valence-electron chi connectivity index (χ1n) is 6.38. The van der Waals surface area contributed by atoms with Gasteiger partial charge in [-0.15, -0.1) is 0 Å².